The van der Waals surface area contributed by atoms with Crippen molar-refractivity contribution in [3.63, 3.8) is 0 Å². The second-order valence-corrected chi connectivity index (χ2v) is 6.04. The van der Waals surface area contributed by atoms with E-state index in [0.717, 1.165) is 22.3 Å². The fourth-order valence-electron chi connectivity index (χ4n) is 2.39. The van der Waals surface area contributed by atoms with Crippen molar-refractivity contribution in [2.75, 3.05) is 6.54 Å². The smallest absolute Gasteiger partial charge is 0.146 e. The zero-order chi connectivity index (χ0) is 14.8. The average Bonchev–Trinajstić information content (AvgIpc) is 2.91. The molecule has 108 valence electrons. The molecule has 0 aliphatic rings. The number of pyridine rings is 1. The molecule has 2 heterocycles. The highest BCUT2D eigenvalue weighted by Crippen LogP contribution is 2.31. The number of benzene rings is 1. The number of ether oxygens (including phenoxy) is 1. The van der Waals surface area contributed by atoms with Crippen LogP contribution in [0, 0.1) is 13.8 Å². The SMILES string of the molecule is Cc1ccc2cccc(OC(CN)c3sccc3C)c2n1. The second-order valence-electron chi connectivity index (χ2n) is 5.09. The van der Waals surface area contributed by atoms with E-state index < -0.39 is 0 Å². The number of aromatic nitrogens is 1. The van der Waals surface area contributed by atoms with Crippen LogP contribution in [0.1, 0.15) is 22.2 Å². The molecule has 1 unspecified atom stereocenters. The molecule has 0 radical (unpaired) electrons. The summed E-state index contributed by atoms with van der Waals surface area (Å²) in [5.74, 6) is 0.791. The van der Waals surface area contributed by atoms with Gasteiger partial charge in [0.05, 0.1) is 0 Å². The lowest BCUT2D eigenvalue weighted by Crippen LogP contribution is -2.18. The fraction of sp³-hybridized carbons (Fsp3) is 0.235. The number of nitrogens with zero attached hydrogens (tertiary/aromatic N) is 1. The van der Waals surface area contributed by atoms with Crippen molar-refractivity contribution in [3.8, 4) is 5.75 Å². The Morgan fingerprint density at radius 3 is 2.76 bits per heavy atom. The Bertz CT molecular complexity index is 766. The molecule has 1 atom stereocenters. The Labute approximate surface area is 128 Å². The molecule has 0 spiro atoms. The lowest BCUT2D eigenvalue weighted by Gasteiger charge is -2.18. The quantitative estimate of drug-likeness (QED) is 0.792. The molecule has 3 rings (SSSR count). The molecule has 0 amide bonds. The van der Waals surface area contributed by atoms with Gasteiger partial charge in [0.2, 0.25) is 0 Å². The Morgan fingerprint density at radius 1 is 1.19 bits per heavy atom. The maximum absolute atomic E-state index is 6.18. The van der Waals surface area contributed by atoms with Crippen LogP contribution in [0.25, 0.3) is 10.9 Å². The number of thiophene rings is 1. The third-order valence-corrected chi connectivity index (χ3v) is 4.61. The predicted molar refractivity (Wildman–Crippen MR) is 88.0 cm³/mol. The van der Waals surface area contributed by atoms with Crippen molar-refractivity contribution >= 4 is 22.2 Å². The van der Waals surface area contributed by atoms with Gasteiger partial charge in [-0.1, -0.05) is 18.2 Å². The van der Waals surface area contributed by atoms with Gasteiger partial charge in [-0.3, -0.25) is 0 Å². The molecular formula is C17H18N2OS. The number of hydrogen-bond acceptors (Lipinski definition) is 4. The summed E-state index contributed by atoms with van der Waals surface area (Å²) in [5, 5.41) is 3.15. The molecule has 3 nitrogen and oxygen atoms in total. The van der Waals surface area contributed by atoms with E-state index in [1.165, 1.54) is 10.4 Å². The van der Waals surface area contributed by atoms with E-state index in [9.17, 15) is 0 Å². The Morgan fingerprint density at radius 2 is 2.05 bits per heavy atom. The molecule has 0 aliphatic carbocycles. The predicted octanol–water partition coefficient (Wildman–Crippen LogP) is 3.99. The molecule has 1 aromatic carbocycles. The maximum Gasteiger partial charge on any atom is 0.146 e. The minimum absolute atomic E-state index is 0.127. The standard InChI is InChI=1S/C17H18N2OS/c1-11-8-9-21-17(11)15(10-18)20-14-5-3-4-13-7-6-12(2)19-16(13)14/h3-9,15H,10,18H2,1-2H3. The summed E-state index contributed by atoms with van der Waals surface area (Å²) in [7, 11) is 0. The molecule has 0 saturated carbocycles. The summed E-state index contributed by atoms with van der Waals surface area (Å²) in [4.78, 5) is 5.79. The highest BCUT2D eigenvalue weighted by Gasteiger charge is 2.17. The molecule has 3 aromatic rings. The highest BCUT2D eigenvalue weighted by molar-refractivity contribution is 7.10. The topological polar surface area (TPSA) is 48.1 Å². The van der Waals surface area contributed by atoms with E-state index >= 15 is 0 Å². The lowest BCUT2D eigenvalue weighted by atomic mass is 10.1. The molecule has 2 aromatic heterocycles. The van der Waals surface area contributed by atoms with Gasteiger partial charge in [0.1, 0.15) is 17.4 Å². The third kappa shape index (κ3) is 2.77. The van der Waals surface area contributed by atoms with Crippen LogP contribution in [0.15, 0.2) is 41.8 Å². The van der Waals surface area contributed by atoms with Crippen molar-refractivity contribution in [1.29, 1.82) is 0 Å². The minimum atomic E-state index is -0.127. The van der Waals surface area contributed by atoms with E-state index in [1.54, 1.807) is 11.3 Å². The average molecular weight is 298 g/mol. The van der Waals surface area contributed by atoms with Crippen molar-refractivity contribution < 1.29 is 4.74 Å². The number of fused-ring (bicyclic) bond motifs is 1. The van der Waals surface area contributed by atoms with Crippen LogP contribution in [-0.4, -0.2) is 11.5 Å². The molecule has 0 fully saturated rings. The van der Waals surface area contributed by atoms with E-state index in [0.29, 0.717) is 6.54 Å². The molecule has 0 aliphatic heterocycles. The number of para-hydroxylation sites is 1. The number of hydrogen-bond donors (Lipinski definition) is 1. The van der Waals surface area contributed by atoms with Crippen molar-refractivity contribution in [2.24, 2.45) is 5.73 Å². The molecule has 4 heteroatoms. The number of aryl methyl sites for hydroxylation is 2. The number of nitrogens with two attached hydrogens (primary N) is 1. The molecule has 2 N–H and O–H groups in total. The second kappa shape index (κ2) is 5.84. The Kier molecular flexibility index (Phi) is 3.90. The van der Waals surface area contributed by atoms with Gasteiger partial charge in [0.15, 0.2) is 0 Å². The molecule has 0 saturated heterocycles. The first-order valence-electron chi connectivity index (χ1n) is 6.96. The first-order valence-corrected chi connectivity index (χ1v) is 7.84. The summed E-state index contributed by atoms with van der Waals surface area (Å²) < 4.78 is 6.18. The van der Waals surface area contributed by atoms with Crippen LogP contribution in [0.3, 0.4) is 0 Å². The largest absolute Gasteiger partial charge is 0.481 e. The summed E-state index contributed by atoms with van der Waals surface area (Å²) in [6.07, 6.45) is -0.127. The lowest BCUT2D eigenvalue weighted by molar-refractivity contribution is 0.220. The van der Waals surface area contributed by atoms with Crippen LogP contribution in [0.2, 0.25) is 0 Å². The van der Waals surface area contributed by atoms with Crippen LogP contribution >= 0.6 is 11.3 Å². The third-order valence-electron chi connectivity index (χ3n) is 3.50. The summed E-state index contributed by atoms with van der Waals surface area (Å²) in [6.45, 7) is 4.52. The van der Waals surface area contributed by atoms with Gasteiger partial charge in [-0.15, -0.1) is 11.3 Å². The monoisotopic (exact) mass is 298 g/mol. The van der Waals surface area contributed by atoms with Crippen LogP contribution in [0.5, 0.6) is 5.75 Å². The Hall–Kier alpha value is -1.91. The highest BCUT2D eigenvalue weighted by atomic mass is 32.1. The van der Waals surface area contributed by atoms with Gasteiger partial charge in [0, 0.05) is 22.5 Å². The molecule has 21 heavy (non-hydrogen) atoms. The van der Waals surface area contributed by atoms with E-state index in [4.69, 9.17) is 10.5 Å². The normalized spacial score (nSPS) is 12.5. The summed E-state index contributed by atoms with van der Waals surface area (Å²) in [6, 6.07) is 12.2. The summed E-state index contributed by atoms with van der Waals surface area (Å²) in [5.41, 5.74) is 9.01. The van der Waals surface area contributed by atoms with Crippen LogP contribution < -0.4 is 10.5 Å². The van der Waals surface area contributed by atoms with Gasteiger partial charge in [-0.05, 0) is 43.0 Å². The summed E-state index contributed by atoms with van der Waals surface area (Å²) >= 11 is 1.68. The van der Waals surface area contributed by atoms with Crippen molar-refractivity contribution in [3.05, 3.63) is 57.9 Å². The first kappa shape index (κ1) is 14.0. The van der Waals surface area contributed by atoms with Gasteiger partial charge in [-0.2, -0.15) is 0 Å². The van der Waals surface area contributed by atoms with Crippen molar-refractivity contribution in [1.82, 2.24) is 4.98 Å². The van der Waals surface area contributed by atoms with Gasteiger partial charge in [0.25, 0.3) is 0 Å². The van der Waals surface area contributed by atoms with Gasteiger partial charge >= 0.3 is 0 Å². The zero-order valence-corrected chi connectivity index (χ0v) is 13.0. The Balaban J connectivity index is 2.01. The van der Waals surface area contributed by atoms with Crippen molar-refractivity contribution in [2.45, 2.75) is 20.0 Å². The fourth-order valence-corrected chi connectivity index (χ4v) is 3.36. The maximum atomic E-state index is 6.18. The molecule has 0 bridgehead atoms. The van der Waals surface area contributed by atoms with E-state index in [1.807, 2.05) is 31.2 Å². The van der Waals surface area contributed by atoms with Gasteiger partial charge in [-0.25, -0.2) is 4.98 Å². The van der Waals surface area contributed by atoms with Crippen LogP contribution in [-0.2, 0) is 0 Å². The van der Waals surface area contributed by atoms with E-state index in [2.05, 4.69) is 29.4 Å². The van der Waals surface area contributed by atoms with Gasteiger partial charge < -0.3 is 10.5 Å². The molecular weight excluding hydrogens is 280 g/mol. The van der Waals surface area contributed by atoms with E-state index in [-0.39, 0.29) is 6.10 Å². The zero-order valence-electron chi connectivity index (χ0n) is 12.2. The number of rotatable bonds is 4. The minimum Gasteiger partial charge on any atom is -0.481 e. The first-order chi connectivity index (χ1) is 10.2. The van der Waals surface area contributed by atoms with Crippen LogP contribution in [0.4, 0.5) is 0 Å².